The maximum atomic E-state index is 12.9. The number of hydrogen-bond donors (Lipinski definition) is 0. The summed E-state index contributed by atoms with van der Waals surface area (Å²) in [5.74, 6) is -0.0104. The molecule has 1 aliphatic heterocycles. The van der Waals surface area contributed by atoms with Gasteiger partial charge < -0.3 is 4.74 Å². The number of methoxy groups -OCH3 is 1. The second-order valence-electron chi connectivity index (χ2n) is 7.79. The summed E-state index contributed by atoms with van der Waals surface area (Å²) in [6.07, 6.45) is -3.86. The van der Waals surface area contributed by atoms with Gasteiger partial charge in [0.1, 0.15) is 5.78 Å². The summed E-state index contributed by atoms with van der Waals surface area (Å²) < 4.78 is 43.4. The van der Waals surface area contributed by atoms with Gasteiger partial charge in [0.25, 0.3) is 5.24 Å². The molecular formula is C24H25F3N2O4S. The first-order valence-electron chi connectivity index (χ1n) is 10.7. The van der Waals surface area contributed by atoms with Crippen LogP contribution in [0.4, 0.5) is 18.0 Å². The van der Waals surface area contributed by atoms with Crippen LogP contribution in [0.3, 0.4) is 0 Å². The van der Waals surface area contributed by atoms with E-state index in [2.05, 4.69) is 4.74 Å². The Balaban J connectivity index is 1.55. The van der Waals surface area contributed by atoms with Gasteiger partial charge in [-0.1, -0.05) is 42.1 Å². The maximum absolute atomic E-state index is 12.9. The number of rotatable bonds is 9. The highest BCUT2D eigenvalue weighted by atomic mass is 32.2. The monoisotopic (exact) mass is 494 g/mol. The lowest BCUT2D eigenvalue weighted by Crippen LogP contribution is -2.50. The lowest BCUT2D eigenvalue weighted by Gasteiger charge is -2.38. The van der Waals surface area contributed by atoms with Crippen molar-refractivity contribution in [3.8, 4) is 0 Å². The highest BCUT2D eigenvalue weighted by molar-refractivity contribution is 8.13. The van der Waals surface area contributed by atoms with Gasteiger partial charge in [-0.2, -0.15) is 13.2 Å². The number of nitrogens with zero attached hydrogens (tertiary/aromatic N) is 2. The van der Waals surface area contributed by atoms with Crippen LogP contribution in [0.25, 0.3) is 0 Å². The van der Waals surface area contributed by atoms with Crippen molar-refractivity contribution >= 4 is 28.8 Å². The van der Waals surface area contributed by atoms with E-state index in [0.717, 1.165) is 17.7 Å². The minimum absolute atomic E-state index is 0.0903. The Morgan fingerprint density at radius 2 is 1.79 bits per heavy atom. The Hall–Kier alpha value is -2.85. The van der Waals surface area contributed by atoms with E-state index in [1.807, 2.05) is 5.01 Å². The molecule has 1 fully saturated rings. The van der Waals surface area contributed by atoms with Gasteiger partial charge in [0.05, 0.1) is 18.2 Å². The van der Waals surface area contributed by atoms with Gasteiger partial charge in [0.2, 0.25) is 0 Å². The molecule has 2 aromatic carbocycles. The van der Waals surface area contributed by atoms with Gasteiger partial charge in [-0.05, 0) is 35.7 Å². The van der Waals surface area contributed by atoms with Crippen molar-refractivity contribution in [2.75, 3.05) is 32.5 Å². The zero-order valence-corrected chi connectivity index (χ0v) is 19.5. The molecule has 0 saturated carbocycles. The zero-order valence-electron chi connectivity index (χ0n) is 18.6. The SMILES string of the molecule is COC(=O)c1ccc(CCN2C(=O)SCCN2CCC(=O)Cc2cccc(C(F)(F)F)c2)cc1. The lowest BCUT2D eigenvalue weighted by atomic mass is 10.0. The molecule has 1 heterocycles. The standard InChI is InChI=1S/C24H25F3N2O4S/c1-33-22(31)19-7-5-17(6-8-19)9-12-29-23(32)34-14-13-28(29)11-10-21(30)16-18-3-2-4-20(15-18)24(25,26)27/h2-8,15H,9-14,16H2,1H3. The molecule has 34 heavy (non-hydrogen) atoms. The number of esters is 1. The molecule has 0 unspecified atom stereocenters. The third kappa shape index (κ3) is 7.07. The average Bonchev–Trinajstić information content (AvgIpc) is 2.81. The molecule has 1 saturated heterocycles. The van der Waals surface area contributed by atoms with Crippen LogP contribution < -0.4 is 0 Å². The number of alkyl halides is 3. The van der Waals surface area contributed by atoms with E-state index in [4.69, 9.17) is 0 Å². The van der Waals surface area contributed by atoms with Crippen molar-refractivity contribution in [2.45, 2.75) is 25.4 Å². The number of amides is 1. The summed E-state index contributed by atoms with van der Waals surface area (Å²) in [6.45, 7) is 1.31. The largest absolute Gasteiger partial charge is 0.465 e. The second kappa shape index (κ2) is 11.5. The van der Waals surface area contributed by atoms with Crippen LogP contribution in [0.2, 0.25) is 0 Å². The highest BCUT2D eigenvalue weighted by Crippen LogP contribution is 2.29. The number of thioether (sulfide) groups is 1. The number of ketones is 1. The van der Waals surface area contributed by atoms with E-state index in [1.54, 1.807) is 29.3 Å². The number of hydrazine groups is 1. The zero-order chi connectivity index (χ0) is 24.7. The van der Waals surface area contributed by atoms with Crippen LogP contribution in [0.1, 0.15) is 33.5 Å². The van der Waals surface area contributed by atoms with Gasteiger partial charge in [-0.3, -0.25) is 14.6 Å². The van der Waals surface area contributed by atoms with E-state index in [-0.39, 0.29) is 23.9 Å². The Morgan fingerprint density at radius 3 is 2.47 bits per heavy atom. The molecule has 6 nitrogen and oxygen atoms in total. The van der Waals surface area contributed by atoms with Gasteiger partial charge in [-0.25, -0.2) is 9.80 Å². The minimum Gasteiger partial charge on any atom is -0.465 e. The van der Waals surface area contributed by atoms with E-state index < -0.39 is 17.7 Å². The van der Waals surface area contributed by atoms with Gasteiger partial charge >= 0.3 is 12.1 Å². The molecule has 0 atom stereocenters. The van der Waals surface area contributed by atoms with Gasteiger partial charge in [0.15, 0.2) is 0 Å². The normalized spacial score (nSPS) is 14.8. The molecule has 182 valence electrons. The number of halogens is 3. The molecule has 0 N–H and O–H groups in total. The Labute approximate surface area is 200 Å². The van der Waals surface area contributed by atoms with E-state index in [0.29, 0.717) is 42.9 Å². The van der Waals surface area contributed by atoms with Gasteiger partial charge in [-0.15, -0.1) is 0 Å². The molecule has 0 radical (unpaired) electrons. The fraction of sp³-hybridized carbons (Fsp3) is 0.375. The molecule has 0 bridgehead atoms. The van der Waals surface area contributed by atoms with Crippen molar-refractivity contribution < 1.29 is 32.3 Å². The molecule has 1 aliphatic rings. The Kier molecular flexibility index (Phi) is 8.73. The maximum Gasteiger partial charge on any atom is 0.416 e. The predicted octanol–water partition coefficient (Wildman–Crippen LogP) is 4.62. The van der Waals surface area contributed by atoms with E-state index >= 15 is 0 Å². The fourth-order valence-corrected chi connectivity index (χ4v) is 4.43. The summed E-state index contributed by atoms with van der Waals surface area (Å²) in [7, 11) is 1.31. The third-order valence-electron chi connectivity index (χ3n) is 5.42. The first-order valence-corrected chi connectivity index (χ1v) is 11.7. The molecule has 1 amide bonds. The summed E-state index contributed by atoms with van der Waals surface area (Å²) in [5, 5.41) is 3.33. The van der Waals surface area contributed by atoms with Gasteiger partial charge in [0, 0.05) is 38.2 Å². The van der Waals surface area contributed by atoms with Crippen LogP contribution in [-0.2, 0) is 28.5 Å². The first kappa shape index (κ1) is 25.8. The van der Waals surface area contributed by atoms with Crippen LogP contribution >= 0.6 is 11.8 Å². The summed E-state index contributed by atoms with van der Waals surface area (Å²) >= 11 is 1.21. The second-order valence-corrected chi connectivity index (χ2v) is 8.84. The molecule has 10 heteroatoms. The number of hydrogen-bond acceptors (Lipinski definition) is 6. The van der Waals surface area contributed by atoms with Crippen molar-refractivity contribution in [3.05, 3.63) is 70.8 Å². The number of ether oxygens (including phenoxy) is 1. The van der Waals surface area contributed by atoms with Crippen molar-refractivity contribution in [1.29, 1.82) is 0 Å². The number of benzene rings is 2. The average molecular weight is 495 g/mol. The number of carbonyl (C=O) groups is 3. The molecule has 0 aliphatic carbocycles. The smallest absolute Gasteiger partial charge is 0.416 e. The Bertz CT molecular complexity index is 1030. The van der Waals surface area contributed by atoms with Crippen LogP contribution in [0.5, 0.6) is 0 Å². The fourth-order valence-electron chi connectivity index (χ4n) is 3.60. The lowest BCUT2D eigenvalue weighted by molar-refractivity contribution is -0.137. The molecule has 2 aromatic rings. The molecule has 0 spiro atoms. The number of carbonyl (C=O) groups excluding carboxylic acids is 3. The highest BCUT2D eigenvalue weighted by Gasteiger charge is 2.30. The first-order chi connectivity index (χ1) is 16.2. The third-order valence-corrected chi connectivity index (χ3v) is 6.26. The molecule has 0 aromatic heterocycles. The van der Waals surface area contributed by atoms with E-state index in [1.165, 1.54) is 31.0 Å². The summed E-state index contributed by atoms with van der Waals surface area (Å²) in [5.41, 5.74) is 0.924. The Morgan fingerprint density at radius 1 is 1.06 bits per heavy atom. The van der Waals surface area contributed by atoms with Crippen LogP contribution in [0.15, 0.2) is 48.5 Å². The van der Waals surface area contributed by atoms with Crippen LogP contribution in [0, 0.1) is 0 Å². The summed E-state index contributed by atoms with van der Waals surface area (Å²) in [4.78, 5) is 36.5. The minimum atomic E-state index is -4.45. The predicted molar refractivity (Wildman–Crippen MR) is 122 cm³/mol. The molecule has 3 rings (SSSR count). The van der Waals surface area contributed by atoms with Crippen molar-refractivity contribution in [3.63, 3.8) is 0 Å². The van der Waals surface area contributed by atoms with Crippen molar-refractivity contribution in [1.82, 2.24) is 10.0 Å². The molecular weight excluding hydrogens is 469 g/mol. The summed E-state index contributed by atoms with van der Waals surface area (Å²) in [6, 6.07) is 11.7. The number of Topliss-reactive ketones (excluding diaryl/α,β-unsaturated/α-hetero) is 1. The van der Waals surface area contributed by atoms with Crippen LogP contribution in [-0.4, -0.2) is 59.5 Å². The topological polar surface area (TPSA) is 66.9 Å². The van der Waals surface area contributed by atoms with E-state index in [9.17, 15) is 27.6 Å². The van der Waals surface area contributed by atoms with Crippen molar-refractivity contribution in [2.24, 2.45) is 0 Å². The quantitative estimate of drug-likeness (QED) is 0.474.